The molecule has 1 saturated heterocycles. The van der Waals surface area contributed by atoms with Gasteiger partial charge in [-0.05, 0) is 11.4 Å². The van der Waals surface area contributed by atoms with Crippen LogP contribution in [0.3, 0.4) is 0 Å². The third-order valence-electron chi connectivity index (χ3n) is 3.34. The Hall–Kier alpha value is -1.33. The minimum absolute atomic E-state index is 0.173. The van der Waals surface area contributed by atoms with Gasteiger partial charge in [-0.3, -0.25) is 4.79 Å². The lowest BCUT2D eigenvalue weighted by Gasteiger charge is -2.32. The Balaban J connectivity index is 1.68. The number of rotatable bonds is 3. The first-order chi connectivity index (χ1) is 10.4. The third-order valence-corrected chi connectivity index (χ3v) is 6.31. The summed E-state index contributed by atoms with van der Waals surface area (Å²) in [4.78, 5) is 19.4. The van der Waals surface area contributed by atoms with Gasteiger partial charge in [-0.15, -0.1) is 22.7 Å². The van der Waals surface area contributed by atoms with E-state index in [-0.39, 0.29) is 19.0 Å². The number of piperazine rings is 1. The van der Waals surface area contributed by atoms with Crippen LogP contribution in [0.2, 0.25) is 0 Å². The van der Waals surface area contributed by atoms with Gasteiger partial charge in [-0.25, -0.2) is 10.1 Å². The smallest absolute Gasteiger partial charge is 0.277 e. The summed E-state index contributed by atoms with van der Waals surface area (Å²) in [5.74, 6) is -0.173. The molecule has 10 heteroatoms. The lowest BCUT2D eigenvalue weighted by molar-refractivity contribution is 0.0693. The maximum atomic E-state index is 12.4. The molecule has 0 aromatic carbocycles. The number of aromatic nitrogens is 1. The zero-order valence-corrected chi connectivity index (χ0v) is 14.0. The highest BCUT2D eigenvalue weighted by atomic mass is 32.2. The minimum atomic E-state index is -3.68. The summed E-state index contributed by atoms with van der Waals surface area (Å²) >= 11 is 3.01. The number of carbonyl (C=O) groups is 1. The molecule has 1 aliphatic rings. The molecule has 1 aliphatic heterocycles. The van der Waals surface area contributed by atoms with Gasteiger partial charge in [-0.1, -0.05) is 6.07 Å². The first-order valence-corrected chi connectivity index (χ1v) is 9.78. The average Bonchev–Trinajstić information content (AvgIpc) is 3.16. The van der Waals surface area contributed by atoms with Crippen LogP contribution in [0.15, 0.2) is 22.9 Å². The summed E-state index contributed by atoms with van der Waals surface area (Å²) in [6, 6.07) is 3.90. The van der Waals surface area contributed by atoms with E-state index in [0.29, 0.717) is 18.8 Å². The summed E-state index contributed by atoms with van der Waals surface area (Å²) in [6.07, 6.45) is 0. The molecule has 3 heterocycles. The Morgan fingerprint density at radius 1 is 1.23 bits per heavy atom. The van der Waals surface area contributed by atoms with Crippen LogP contribution in [0.4, 0.5) is 0 Å². The molecule has 2 aromatic rings. The maximum Gasteiger partial charge on any atom is 0.277 e. The quantitative estimate of drug-likeness (QED) is 0.879. The van der Waals surface area contributed by atoms with E-state index in [1.54, 1.807) is 21.6 Å². The summed E-state index contributed by atoms with van der Waals surface area (Å²) in [7, 11) is -3.68. The predicted molar refractivity (Wildman–Crippen MR) is 86.0 cm³/mol. The number of nitrogens with two attached hydrogens (primary N) is 1. The van der Waals surface area contributed by atoms with Crippen LogP contribution in [0.5, 0.6) is 0 Å². The topological polar surface area (TPSA) is 96.6 Å². The van der Waals surface area contributed by atoms with Crippen molar-refractivity contribution >= 4 is 38.8 Å². The molecular weight excluding hydrogens is 344 g/mol. The van der Waals surface area contributed by atoms with Crippen molar-refractivity contribution in [2.75, 3.05) is 26.2 Å². The van der Waals surface area contributed by atoms with Gasteiger partial charge < -0.3 is 4.90 Å². The fourth-order valence-corrected chi connectivity index (χ4v) is 4.47. The number of thiazole rings is 1. The lowest BCUT2D eigenvalue weighted by atomic mass is 10.3. The summed E-state index contributed by atoms with van der Waals surface area (Å²) in [6.45, 7) is 1.07. The molecule has 118 valence electrons. The molecule has 7 nitrogen and oxygen atoms in total. The van der Waals surface area contributed by atoms with Crippen LogP contribution in [-0.4, -0.2) is 54.7 Å². The number of hydrogen-bond donors (Lipinski definition) is 1. The van der Waals surface area contributed by atoms with E-state index in [4.69, 9.17) is 5.14 Å². The van der Waals surface area contributed by atoms with Crippen molar-refractivity contribution in [1.82, 2.24) is 14.2 Å². The van der Waals surface area contributed by atoms with Crippen molar-refractivity contribution < 1.29 is 13.2 Å². The SMILES string of the molecule is NS(=O)(=O)N1CCN(C(=O)c2csc(-c3cccs3)n2)CC1. The van der Waals surface area contributed by atoms with Crippen molar-refractivity contribution in [3.8, 4) is 9.88 Å². The standard InChI is InChI=1S/C12H14N4O3S3/c13-22(18,19)16-5-3-15(4-6-16)12(17)9-8-21-11(14-9)10-2-1-7-20-10/h1-2,7-8H,3-6H2,(H2,13,18,19). The Labute approximate surface area is 136 Å². The van der Waals surface area contributed by atoms with Crippen LogP contribution in [0.25, 0.3) is 9.88 Å². The predicted octanol–water partition coefficient (Wildman–Crippen LogP) is 0.833. The molecule has 22 heavy (non-hydrogen) atoms. The number of hydrogen-bond acceptors (Lipinski definition) is 6. The van der Waals surface area contributed by atoms with Crippen LogP contribution >= 0.6 is 22.7 Å². The van der Waals surface area contributed by atoms with E-state index in [9.17, 15) is 13.2 Å². The van der Waals surface area contributed by atoms with Gasteiger partial charge in [0.05, 0.1) is 4.88 Å². The molecule has 0 unspecified atom stereocenters. The number of nitrogens with zero attached hydrogens (tertiary/aromatic N) is 3. The summed E-state index contributed by atoms with van der Waals surface area (Å²) < 4.78 is 23.7. The zero-order chi connectivity index (χ0) is 15.7. The van der Waals surface area contributed by atoms with Crippen LogP contribution in [0, 0.1) is 0 Å². The lowest BCUT2D eigenvalue weighted by Crippen LogP contribution is -2.52. The molecule has 1 amide bonds. The molecule has 0 spiro atoms. The second-order valence-corrected chi connectivity index (χ2v) is 8.10. The first kappa shape index (κ1) is 15.6. The van der Waals surface area contributed by atoms with Gasteiger partial charge in [-0.2, -0.15) is 12.7 Å². The van der Waals surface area contributed by atoms with Crippen molar-refractivity contribution in [1.29, 1.82) is 0 Å². The molecule has 0 radical (unpaired) electrons. The second-order valence-electron chi connectivity index (χ2n) is 4.75. The Kier molecular flexibility index (Phi) is 4.28. The normalized spacial score (nSPS) is 16.9. The molecule has 3 rings (SSSR count). The van der Waals surface area contributed by atoms with Gasteiger partial charge >= 0.3 is 0 Å². The molecule has 0 aliphatic carbocycles. The van der Waals surface area contributed by atoms with Gasteiger partial charge in [0.2, 0.25) is 0 Å². The van der Waals surface area contributed by atoms with Crippen molar-refractivity contribution in [3.63, 3.8) is 0 Å². The average molecular weight is 358 g/mol. The monoisotopic (exact) mass is 358 g/mol. The fraction of sp³-hybridized carbons (Fsp3) is 0.333. The van der Waals surface area contributed by atoms with E-state index in [0.717, 1.165) is 9.88 Å². The molecule has 2 aromatic heterocycles. The highest BCUT2D eigenvalue weighted by Crippen LogP contribution is 2.28. The molecular formula is C12H14N4O3S3. The number of carbonyl (C=O) groups excluding carboxylic acids is 1. The van der Waals surface area contributed by atoms with Gasteiger partial charge in [0.25, 0.3) is 16.1 Å². The van der Waals surface area contributed by atoms with E-state index < -0.39 is 10.2 Å². The summed E-state index contributed by atoms with van der Waals surface area (Å²) in [5.41, 5.74) is 0.400. The number of thiophene rings is 1. The molecule has 2 N–H and O–H groups in total. The summed E-state index contributed by atoms with van der Waals surface area (Å²) in [5, 5.41) is 9.61. The molecule has 0 saturated carbocycles. The van der Waals surface area contributed by atoms with Crippen molar-refractivity contribution in [2.45, 2.75) is 0 Å². The van der Waals surface area contributed by atoms with E-state index in [2.05, 4.69) is 4.98 Å². The number of amides is 1. The van der Waals surface area contributed by atoms with E-state index in [1.165, 1.54) is 15.6 Å². The van der Waals surface area contributed by atoms with Crippen molar-refractivity contribution in [2.24, 2.45) is 5.14 Å². The highest BCUT2D eigenvalue weighted by molar-refractivity contribution is 7.86. The van der Waals surface area contributed by atoms with Gasteiger partial charge in [0.15, 0.2) is 0 Å². The minimum Gasteiger partial charge on any atom is -0.335 e. The third kappa shape index (κ3) is 3.20. The second kappa shape index (κ2) is 6.05. The van der Waals surface area contributed by atoms with Crippen LogP contribution in [-0.2, 0) is 10.2 Å². The molecule has 0 bridgehead atoms. The van der Waals surface area contributed by atoms with Crippen LogP contribution < -0.4 is 5.14 Å². The van der Waals surface area contributed by atoms with E-state index in [1.807, 2.05) is 17.5 Å². The van der Waals surface area contributed by atoms with E-state index >= 15 is 0 Å². The van der Waals surface area contributed by atoms with Gasteiger partial charge in [0, 0.05) is 31.6 Å². The molecule has 1 fully saturated rings. The zero-order valence-electron chi connectivity index (χ0n) is 11.5. The van der Waals surface area contributed by atoms with Crippen molar-refractivity contribution in [3.05, 3.63) is 28.6 Å². The molecule has 0 atom stereocenters. The van der Waals surface area contributed by atoms with Crippen LogP contribution in [0.1, 0.15) is 10.5 Å². The van der Waals surface area contributed by atoms with Gasteiger partial charge in [0.1, 0.15) is 10.7 Å². The Bertz CT molecular complexity index is 761. The fourth-order valence-electron chi connectivity index (χ4n) is 2.19. The Morgan fingerprint density at radius 3 is 2.55 bits per heavy atom. The maximum absolute atomic E-state index is 12.4. The first-order valence-electron chi connectivity index (χ1n) is 6.52. The largest absolute Gasteiger partial charge is 0.335 e. The Morgan fingerprint density at radius 2 is 1.95 bits per heavy atom. The highest BCUT2D eigenvalue weighted by Gasteiger charge is 2.28.